The largest absolute Gasteiger partial charge is 0.480 e. The van der Waals surface area contributed by atoms with Crippen LogP contribution in [0.25, 0.3) is 0 Å². The van der Waals surface area contributed by atoms with Crippen molar-refractivity contribution < 1.29 is 48.9 Å². The first-order valence-corrected chi connectivity index (χ1v) is 20.2. The second-order valence-corrected chi connectivity index (χ2v) is 14.9. The minimum Gasteiger partial charge on any atom is -0.480 e. The molecule has 0 radical (unpaired) electrons. The standard InChI is InChI=1S/C34H63N11O10S/c1-19(2)16-20(36)27(48)44-25(18-47)32(53)45-14-7-10-26(45)31(52)43-24(17-46)30(51)40-21(9-6-13-39-34(37)38)28(49)41-22(11-15-56-3)29(50)42-23(33(54)55)8-4-5-12-35/h19-26,46-47H,4-18,35-36H2,1-3H3,(H,40,51)(H,41,49)(H,42,50)(H,43,52)(H,44,48)(H,54,55)(H4,37,38,39)/t20-,21-,22-,23-,24-,25-,26-/m0/s1. The van der Waals surface area contributed by atoms with Crippen LogP contribution in [0.3, 0.4) is 0 Å². The van der Waals surface area contributed by atoms with E-state index in [0.717, 1.165) is 0 Å². The minimum atomic E-state index is -1.59. The molecule has 7 atom stereocenters. The van der Waals surface area contributed by atoms with E-state index < -0.39 is 96.9 Å². The first-order valence-electron chi connectivity index (χ1n) is 18.8. The number of rotatable bonds is 27. The second-order valence-electron chi connectivity index (χ2n) is 13.9. The summed E-state index contributed by atoms with van der Waals surface area (Å²) in [5.74, 6) is -5.62. The van der Waals surface area contributed by atoms with E-state index in [4.69, 9.17) is 22.9 Å². The van der Waals surface area contributed by atoms with Crippen molar-refractivity contribution >= 4 is 59.1 Å². The molecule has 0 saturated carbocycles. The molecule has 1 fully saturated rings. The summed E-state index contributed by atoms with van der Waals surface area (Å²) in [5, 5.41) is 42.1. The van der Waals surface area contributed by atoms with Gasteiger partial charge in [0.25, 0.3) is 0 Å². The number of aliphatic hydroxyl groups excluding tert-OH is 2. The van der Waals surface area contributed by atoms with E-state index in [1.54, 1.807) is 6.26 Å². The number of likely N-dealkylation sites (tertiary alicyclic amines) is 1. The van der Waals surface area contributed by atoms with Crippen LogP contribution < -0.4 is 49.5 Å². The van der Waals surface area contributed by atoms with Crippen molar-refractivity contribution in [2.45, 2.75) is 114 Å². The molecule has 6 amide bonds. The van der Waals surface area contributed by atoms with Crippen molar-refractivity contribution in [1.82, 2.24) is 31.5 Å². The molecule has 0 aromatic carbocycles. The average Bonchev–Trinajstić information content (AvgIpc) is 3.64. The third-order valence-corrected chi connectivity index (χ3v) is 9.54. The van der Waals surface area contributed by atoms with E-state index in [1.807, 2.05) is 13.8 Å². The molecule has 56 heavy (non-hydrogen) atoms. The second kappa shape index (κ2) is 26.6. The maximum Gasteiger partial charge on any atom is 0.326 e. The molecule has 0 aromatic rings. The number of nitrogens with zero attached hydrogens (tertiary/aromatic N) is 2. The summed E-state index contributed by atoms with van der Waals surface area (Å²) in [4.78, 5) is 96.7. The van der Waals surface area contributed by atoms with Gasteiger partial charge in [-0.05, 0) is 82.3 Å². The Balaban J connectivity index is 3.16. The summed E-state index contributed by atoms with van der Waals surface area (Å²) in [6.07, 6.45) is 4.09. The molecule has 0 aromatic heterocycles. The number of nitrogens with two attached hydrogens (primary N) is 4. The van der Waals surface area contributed by atoms with E-state index in [2.05, 4.69) is 31.6 Å². The number of nitrogens with one attached hydrogen (secondary N) is 5. The van der Waals surface area contributed by atoms with Gasteiger partial charge < -0.3 is 69.7 Å². The SMILES string of the molecule is CSCC[C@H](NC(=O)[C@H](CCCN=C(N)N)NC(=O)[C@H](CO)NC(=O)[C@@H]1CCCN1C(=O)[C@H](CO)NC(=O)[C@@H](N)CC(C)C)C(=O)N[C@@H](CCCCN)C(=O)O. The third kappa shape index (κ3) is 17.7. The van der Waals surface area contributed by atoms with Crippen LogP contribution in [0.1, 0.15) is 71.6 Å². The smallest absolute Gasteiger partial charge is 0.326 e. The van der Waals surface area contributed by atoms with Gasteiger partial charge in [0.1, 0.15) is 36.3 Å². The number of aliphatic carboxylic acids is 1. The number of carboxylic acid groups (broad SMARTS) is 1. The number of aliphatic imine (C=N–C) groups is 1. The van der Waals surface area contributed by atoms with E-state index in [0.29, 0.717) is 38.0 Å². The fourth-order valence-corrected chi connectivity index (χ4v) is 6.36. The first-order chi connectivity index (χ1) is 26.5. The van der Waals surface area contributed by atoms with Crippen molar-refractivity contribution in [2.75, 3.05) is 44.9 Å². The highest BCUT2D eigenvalue weighted by atomic mass is 32.2. The van der Waals surface area contributed by atoms with Gasteiger partial charge in [0, 0.05) is 13.1 Å². The number of carbonyl (C=O) groups excluding carboxylic acids is 6. The summed E-state index contributed by atoms with van der Waals surface area (Å²) < 4.78 is 0. The summed E-state index contributed by atoms with van der Waals surface area (Å²) in [6.45, 7) is 2.63. The van der Waals surface area contributed by atoms with E-state index in [1.165, 1.54) is 16.7 Å². The molecule has 0 unspecified atom stereocenters. The molecule has 0 aliphatic carbocycles. The fourth-order valence-electron chi connectivity index (χ4n) is 5.89. The average molecular weight is 818 g/mol. The van der Waals surface area contributed by atoms with Crippen LogP contribution in [0.2, 0.25) is 0 Å². The Morgan fingerprint density at radius 1 is 0.786 bits per heavy atom. The zero-order valence-electron chi connectivity index (χ0n) is 32.5. The van der Waals surface area contributed by atoms with Crippen molar-refractivity contribution in [1.29, 1.82) is 0 Å². The maximum absolute atomic E-state index is 13.7. The van der Waals surface area contributed by atoms with Gasteiger partial charge in [-0.15, -0.1) is 0 Å². The van der Waals surface area contributed by atoms with Crippen LogP contribution in [0.5, 0.6) is 0 Å². The lowest BCUT2D eigenvalue weighted by atomic mass is 10.0. The normalized spacial score (nSPS) is 17.1. The Labute approximate surface area is 331 Å². The number of thioether (sulfide) groups is 1. The molecule has 22 heteroatoms. The number of amides is 6. The number of hydrogen-bond donors (Lipinski definition) is 12. The molecule has 320 valence electrons. The Kier molecular flexibility index (Phi) is 23.6. The molecule has 1 aliphatic heterocycles. The van der Waals surface area contributed by atoms with Crippen LogP contribution >= 0.6 is 11.8 Å². The van der Waals surface area contributed by atoms with Crippen LogP contribution in [0.15, 0.2) is 4.99 Å². The van der Waals surface area contributed by atoms with Gasteiger partial charge in [-0.2, -0.15) is 11.8 Å². The summed E-state index contributed by atoms with van der Waals surface area (Å²) in [6, 6.07) is -8.73. The molecule has 1 heterocycles. The Hall–Kier alpha value is -4.25. The Morgan fingerprint density at radius 2 is 1.34 bits per heavy atom. The van der Waals surface area contributed by atoms with Gasteiger partial charge in [0.15, 0.2) is 5.96 Å². The first kappa shape index (κ1) is 49.8. The predicted molar refractivity (Wildman–Crippen MR) is 209 cm³/mol. The minimum absolute atomic E-state index is 0.0475. The molecule has 1 rings (SSSR count). The van der Waals surface area contributed by atoms with Crippen LogP contribution in [0.4, 0.5) is 0 Å². The predicted octanol–water partition coefficient (Wildman–Crippen LogP) is -4.22. The number of aliphatic hydroxyl groups is 2. The van der Waals surface area contributed by atoms with Crippen molar-refractivity contribution in [3.8, 4) is 0 Å². The molecule has 1 saturated heterocycles. The number of hydrogen-bond acceptors (Lipinski definition) is 13. The molecule has 0 bridgehead atoms. The lowest BCUT2D eigenvalue weighted by molar-refractivity contribution is -0.143. The summed E-state index contributed by atoms with van der Waals surface area (Å²) >= 11 is 1.39. The van der Waals surface area contributed by atoms with Gasteiger partial charge in [-0.1, -0.05) is 13.8 Å². The van der Waals surface area contributed by atoms with Crippen molar-refractivity contribution in [2.24, 2.45) is 33.8 Å². The zero-order valence-corrected chi connectivity index (χ0v) is 33.4. The van der Waals surface area contributed by atoms with E-state index >= 15 is 0 Å². The van der Waals surface area contributed by atoms with Gasteiger partial charge in [-0.25, -0.2) is 4.79 Å². The maximum atomic E-state index is 13.7. The summed E-state index contributed by atoms with van der Waals surface area (Å²) in [7, 11) is 0. The van der Waals surface area contributed by atoms with Gasteiger partial charge in [-0.3, -0.25) is 33.8 Å². The molecule has 16 N–H and O–H groups in total. The number of unbranched alkanes of at least 4 members (excludes halogenated alkanes) is 1. The fraction of sp³-hybridized carbons (Fsp3) is 0.765. The van der Waals surface area contributed by atoms with Crippen LogP contribution in [-0.4, -0.2) is 155 Å². The van der Waals surface area contributed by atoms with Gasteiger partial charge in [0.2, 0.25) is 35.4 Å². The van der Waals surface area contributed by atoms with Gasteiger partial charge >= 0.3 is 5.97 Å². The number of carboxylic acids is 1. The lowest BCUT2D eigenvalue weighted by Crippen LogP contribution is -2.60. The monoisotopic (exact) mass is 817 g/mol. The van der Waals surface area contributed by atoms with Crippen LogP contribution in [0, 0.1) is 5.92 Å². The molecule has 21 nitrogen and oxygen atoms in total. The van der Waals surface area contributed by atoms with E-state index in [9.17, 15) is 48.9 Å². The van der Waals surface area contributed by atoms with Crippen molar-refractivity contribution in [3.63, 3.8) is 0 Å². The highest BCUT2D eigenvalue weighted by Crippen LogP contribution is 2.19. The number of guanidine groups is 1. The topological polar surface area (TPSA) is 360 Å². The van der Waals surface area contributed by atoms with Crippen molar-refractivity contribution in [3.05, 3.63) is 0 Å². The third-order valence-electron chi connectivity index (χ3n) is 8.90. The Morgan fingerprint density at radius 3 is 1.88 bits per heavy atom. The summed E-state index contributed by atoms with van der Waals surface area (Å²) in [5.41, 5.74) is 22.2. The quantitative estimate of drug-likeness (QED) is 0.0212. The highest BCUT2D eigenvalue weighted by molar-refractivity contribution is 7.98. The molecular weight excluding hydrogens is 755 g/mol. The van der Waals surface area contributed by atoms with E-state index in [-0.39, 0.29) is 57.1 Å². The highest BCUT2D eigenvalue weighted by Gasteiger charge is 2.39. The zero-order chi connectivity index (χ0) is 42.4. The molecule has 0 spiro atoms. The molecule has 1 aliphatic rings. The Bertz CT molecular complexity index is 1340. The van der Waals surface area contributed by atoms with Crippen LogP contribution in [-0.2, 0) is 33.6 Å². The molecular formula is C34H63N11O10S. The lowest BCUT2D eigenvalue weighted by Gasteiger charge is -2.30. The van der Waals surface area contributed by atoms with Gasteiger partial charge in [0.05, 0.1) is 19.3 Å². The number of carbonyl (C=O) groups is 7.